The molecule has 156 valence electrons. The molecule has 2 rings (SSSR count). The quantitative estimate of drug-likeness (QED) is 0.541. The summed E-state index contributed by atoms with van der Waals surface area (Å²) in [6.45, 7) is 4.39. The fraction of sp³-hybridized carbons (Fsp3) is 0.364. The molecule has 0 saturated carbocycles. The summed E-state index contributed by atoms with van der Waals surface area (Å²) in [5.74, 6) is -0.374. The predicted molar refractivity (Wildman–Crippen MR) is 120 cm³/mol. The number of nitrogens with zero attached hydrogens (tertiary/aromatic N) is 1. The van der Waals surface area contributed by atoms with Crippen molar-refractivity contribution in [3.63, 3.8) is 0 Å². The van der Waals surface area contributed by atoms with E-state index in [-0.39, 0.29) is 24.8 Å². The maximum absolute atomic E-state index is 13.1. The van der Waals surface area contributed by atoms with Crippen LogP contribution in [0.2, 0.25) is 15.1 Å². The third-order valence-corrected chi connectivity index (χ3v) is 5.75. The molecular formula is C22H25Cl3N2O2. The third kappa shape index (κ3) is 6.63. The summed E-state index contributed by atoms with van der Waals surface area (Å²) in [4.78, 5) is 27.2. The van der Waals surface area contributed by atoms with Crippen LogP contribution in [0.25, 0.3) is 0 Å². The topological polar surface area (TPSA) is 49.4 Å². The van der Waals surface area contributed by atoms with Gasteiger partial charge in [0, 0.05) is 40.1 Å². The Morgan fingerprint density at radius 2 is 1.62 bits per heavy atom. The minimum atomic E-state index is -0.660. The van der Waals surface area contributed by atoms with Gasteiger partial charge in [0.2, 0.25) is 11.8 Å². The molecule has 2 amide bonds. The molecule has 0 fully saturated rings. The molecule has 0 saturated heterocycles. The van der Waals surface area contributed by atoms with Crippen LogP contribution in [0.15, 0.2) is 42.5 Å². The number of carbonyl (C=O) groups excluding carboxylic acids is 2. The molecule has 0 radical (unpaired) electrons. The van der Waals surface area contributed by atoms with Crippen LogP contribution in [0.4, 0.5) is 0 Å². The molecule has 0 spiro atoms. The number of aryl methyl sites for hydroxylation is 1. The van der Waals surface area contributed by atoms with E-state index in [4.69, 9.17) is 34.8 Å². The molecule has 1 N–H and O–H groups in total. The predicted octanol–water partition coefficient (Wildman–Crippen LogP) is 5.52. The zero-order valence-electron chi connectivity index (χ0n) is 16.6. The highest BCUT2D eigenvalue weighted by molar-refractivity contribution is 6.36. The van der Waals surface area contributed by atoms with E-state index < -0.39 is 6.04 Å². The van der Waals surface area contributed by atoms with Gasteiger partial charge in [0.1, 0.15) is 6.04 Å². The molecule has 0 heterocycles. The average Bonchev–Trinajstić information content (AvgIpc) is 2.70. The Hall–Kier alpha value is -1.75. The number of nitrogens with one attached hydrogen (secondary N) is 1. The van der Waals surface area contributed by atoms with Gasteiger partial charge in [-0.1, -0.05) is 66.0 Å². The second-order valence-electron chi connectivity index (χ2n) is 6.78. The van der Waals surface area contributed by atoms with Crippen molar-refractivity contribution in [3.8, 4) is 0 Å². The van der Waals surface area contributed by atoms with Crippen LogP contribution in [-0.4, -0.2) is 29.3 Å². The minimum Gasteiger partial charge on any atom is -0.354 e. The van der Waals surface area contributed by atoms with Gasteiger partial charge in [0.15, 0.2) is 0 Å². The van der Waals surface area contributed by atoms with Crippen molar-refractivity contribution in [2.75, 3.05) is 6.54 Å². The van der Waals surface area contributed by atoms with Crippen LogP contribution in [0.3, 0.4) is 0 Å². The molecule has 0 aliphatic heterocycles. The number of hydrogen-bond donors (Lipinski definition) is 1. The lowest BCUT2D eigenvalue weighted by Gasteiger charge is -2.29. The van der Waals surface area contributed by atoms with Crippen LogP contribution >= 0.6 is 34.8 Å². The first kappa shape index (κ1) is 23.5. The second-order valence-corrected chi connectivity index (χ2v) is 8.00. The molecular weight excluding hydrogens is 431 g/mol. The van der Waals surface area contributed by atoms with Gasteiger partial charge in [0.25, 0.3) is 0 Å². The van der Waals surface area contributed by atoms with Gasteiger partial charge in [-0.15, -0.1) is 0 Å². The summed E-state index contributed by atoms with van der Waals surface area (Å²) in [7, 11) is 0. The van der Waals surface area contributed by atoms with Gasteiger partial charge < -0.3 is 10.2 Å². The molecule has 7 heteroatoms. The molecule has 2 aromatic carbocycles. The standard InChI is InChI=1S/C22H25Cl3N2O2/c1-3-13-26-22(29)15(2)27(14-17-19(24)9-6-10-20(17)25)21(28)12-11-16-7-4-5-8-18(16)23/h4-10,15H,3,11-14H2,1-2H3,(H,26,29). The first-order chi connectivity index (χ1) is 13.8. The highest BCUT2D eigenvalue weighted by Gasteiger charge is 2.27. The van der Waals surface area contributed by atoms with Crippen LogP contribution in [0, 0.1) is 0 Å². The molecule has 0 bridgehead atoms. The summed E-state index contributed by atoms with van der Waals surface area (Å²) in [6, 6.07) is 11.9. The molecule has 1 atom stereocenters. The number of carbonyl (C=O) groups is 2. The lowest BCUT2D eigenvalue weighted by Crippen LogP contribution is -2.47. The summed E-state index contributed by atoms with van der Waals surface area (Å²) in [6.07, 6.45) is 1.51. The zero-order chi connectivity index (χ0) is 21.4. The zero-order valence-corrected chi connectivity index (χ0v) is 18.8. The molecule has 0 aliphatic rings. The molecule has 1 unspecified atom stereocenters. The first-order valence-electron chi connectivity index (χ1n) is 9.58. The van der Waals surface area contributed by atoms with Crippen LogP contribution in [0.5, 0.6) is 0 Å². The maximum Gasteiger partial charge on any atom is 0.242 e. The van der Waals surface area contributed by atoms with Gasteiger partial charge >= 0.3 is 0 Å². The fourth-order valence-corrected chi connectivity index (χ4v) is 3.67. The van der Waals surface area contributed by atoms with E-state index in [1.54, 1.807) is 31.2 Å². The Bertz CT molecular complexity index is 837. The van der Waals surface area contributed by atoms with Gasteiger partial charge in [0.05, 0.1) is 0 Å². The average molecular weight is 456 g/mol. The Morgan fingerprint density at radius 1 is 1.00 bits per heavy atom. The van der Waals surface area contributed by atoms with E-state index in [1.165, 1.54) is 4.90 Å². The van der Waals surface area contributed by atoms with Crippen LogP contribution in [0.1, 0.15) is 37.8 Å². The van der Waals surface area contributed by atoms with Gasteiger partial charge in [-0.25, -0.2) is 0 Å². The minimum absolute atomic E-state index is 0.153. The van der Waals surface area contributed by atoms with E-state index in [0.29, 0.717) is 33.6 Å². The Morgan fingerprint density at radius 3 is 2.24 bits per heavy atom. The number of hydrogen-bond acceptors (Lipinski definition) is 2. The van der Waals surface area contributed by atoms with E-state index in [9.17, 15) is 9.59 Å². The van der Waals surface area contributed by atoms with Gasteiger partial charge in [-0.05, 0) is 43.5 Å². The second kappa shape index (κ2) is 11.4. The first-order valence-corrected chi connectivity index (χ1v) is 10.7. The number of benzene rings is 2. The largest absolute Gasteiger partial charge is 0.354 e. The Balaban J connectivity index is 2.22. The van der Waals surface area contributed by atoms with Crippen molar-refractivity contribution < 1.29 is 9.59 Å². The van der Waals surface area contributed by atoms with E-state index in [2.05, 4.69) is 5.32 Å². The van der Waals surface area contributed by atoms with Crippen molar-refractivity contribution in [2.24, 2.45) is 0 Å². The maximum atomic E-state index is 13.1. The Labute approximate surface area is 187 Å². The number of rotatable bonds is 9. The normalized spacial score (nSPS) is 11.8. The third-order valence-electron chi connectivity index (χ3n) is 4.67. The summed E-state index contributed by atoms with van der Waals surface area (Å²) in [5, 5.41) is 4.39. The van der Waals surface area contributed by atoms with E-state index in [0.717, 1.165) is 12.0 Å². The van der Waals surface area contributed by atoms with Crippen LogP contribution < -0.4 is 5.32 Å². The van der Waals surface area contributed by atoms with Gasteiger partial charge in [-0.2, -0.15) is 0 Å². The van der Waals surface area contributed by atoms with E-state index >= 15 is 0 Å². The number of halogens is 3. The van der Waals surface area contributed by atoms with Crippen molar-refractivity contribution in [1.29, 1.82) is 0 Å². The Kier molecular flexibility index (Phi) is 9.28. The van der Waals surface area contributed by atoms with Crippen molar-refractivity contribution in [1.82, 2.24) is 10.2 Å². The molecule has 2 aromatic rings. The van der Waals surface area contributed by atoms with Crippen molar-refractivity contribution >= 4 is 46.6 Å². The highest BCUT2D eigenvalue weighted by atomic mass is 35.5. The lowest BCUT2D eigenvalue weighted by atomic mass is 10.1. The highest BCUT2D eigenvalue weighted by Crippen LogP contribution is 2.27. The monoisotopic (exact) mass is 454 g/mol. The summed E-state index contributed by atoms with van der Waals surface area (Å²) in [5.41, 5.74) is 1.51. The fourth-order valence-electron chi connectivity index (χ4n) is 2.92. The summed E-state index contributed by atoms with van der Waals surface area (Å²) >= 11 is 18.8. The van der Waals surface area contributed by atoms with E-state index in [1.807, 2.05) is 25.1 Å². The smallest absolute Gasteiger partial charge is 0.242 e. The molecule has 0 aromatic heterocycles. The van der Waals surface area contributed by atoms with Crippen molar-refractivity contribution in [2.45, 2.75) is 45.7 Å². The van der Waals surface area contributed by atoms with Crippen molar-refractivity contribution in [3.05, 3.63) is 68.7 Å². The molecule has 29 heavy (non-hydrogen) atoms. The van der Waals surface area contributed by atoms with Crippen LogP contribution in [-0.2, 0) is 22.6 Å². The number of amides is 2. The van der Waals surface area contributed by atoms with Gasteiger partial charge in [-0.3, -0.25) is 9.59 Å². The SMILES string of the molecule is CCCNC(=O)C(C)N(Cc1c(Cl)cccc1Cl)C(=O)CCc1ccccc1Cl. The summed E-state index contributed by atoms with van der Waals surface area (Å²) < 4.78 is 0. The molecule has 0 aliphatic carbocycles. The molecule has 4 nitrogen and oxygen atoms in total. The lowest BCUT2D eigenvalue weighted by molar-refractivity contribution is -0.140.